The van der Waals surface area contributed by atoms with E-state index >= 15 is 0 Å². The van der Waals surface area contributed by atoms with Gasteiger partial charge in [-0.15, -0.1) is 0 Å². The number of hydrogen-bond acceptors (Lipinski definition) is 4. The lowest BCUT2D eigenvalue weighted by Gasteiger charge is -2.14. The van der Waals surface area contributed by atoms with Crippen molar-refractivity contribution in [2.45, 2.75) is 19.3 Å². The summed E-state index contributed by atoms with van der Waals surface area (Å²) < 4.78 is 12.8. The minimum Gasteiger partial charge on any atom is -0.390 e. The van der Waals surface area contributed by atoms with Crippen LogP contribution in [0.25, 0.3) is 0 Å². The van der Waals surface area contributed by atoms with Crippen LogP contribution in [0, 0.1) is 17.1 Å². The van der Waals surface area contributed by atoms with E-state index in [1.165, 1.54) is 30.5 Å². The van der Waals surface area contributed by atoms with Gasteiger partial charge in [-0.3, -0.25) is 9.59 Å². The molecule has 6 nitrogen and oxygen atoms in total. The Kier molecular flexibility index (Phi) is 6.32. The van der Waals surface area contributed by atoms with Crippen LogP contribution < -0.4 is 10.6 Å². The van der Waals surface area contributed by atoms with Crippen LogP contribution in [0.15, 0.2) is 36.0 Å². The van der Waals surface area contributed by atoms with Gasteiger partial charge in [-0.05, 0) is 37.1 Å². The minimum absolute atomic E-state index is 0.0726. The summed E-state index contributed by atoms with van der Waals surface area (Å²) in [6.45, 7) is 2.03. The maximum Gasteiger partial charge on any atom is 0.267 e. The molecule has 1 saturated heterocycles. The highest BCUT2D eigenvalue weighted by Gasteiger charge is 2.18. The van der Waals surface area contributed by atoms with E-state index in [2.05, 4.69) is 10.6 Å². The third-order valence-corrected chi connectivity index (χ3v) is 3.63. The Labute approximate surface area is 139 Å². The molecule has 0 aromatic heterocycles. The summed E-state index contributed by atoms with van der Waals surface area (Å²) in [7, 11) is 0. The van der Waals surface area contributed by atoms with Crippen LogP contribution in [0.2, 0.25) is 0 Å². The van der Waals surface area contributed by atoms with Crippen molar-refractivity contribution in [2.75, 3.05) is 25.0 Å². The first-order chi connectivity index (χ1) is 11.6. The van der Waals surface area contributed by atoms with Gasteiger partial charge in [0.2, 0.25) is 5.91 Å². The molecule has 1 aliphatic rings. The van der Waals surface area contributed by atoms with Gasteiger partial charge >= 0.3 is 0 Å². The van der Waals surface area contributed by atoms with Crippen LogP contribution in [-0.4, -0.2) is 36.3 Å². The molecule has 24 heavy (non-hydrogen) atoms. The molecule has 2 amide bonds. The molecule has 0 atom stereocenters. The number of amides is 2. The molecule has 1 aromatic rings. The van der Waals surface area contributed by atoms with Gasteiger partial charge in [0, 0.05) is 37.9 Å². The highest BCUT2D eigenvalue weighted by molar-refractivity contribution is 6.06. The number of carbonyl (C=O) groups is 2. The molecule has 0 spiro atoms. The molecule has 0 saturated carbocycles. The van der Waals surface area contributed by atoms with Crippen LogP contribution in [0.1, 0.15) is 19.3 Å². The van der Waals surface area contributed by atoms with Gasteiger partial charge in [0.1, 0.15) is 17.5 Å². The first-order valence-corrected chi connectivity index (χ1v) is 7.78. The second-order valence-electron chi connectivity index (χ2n) is 5.42. The second-order valence-corrected chi connectivity index (χ2v) is 5.42. The average Bonchev–Trinajstić information content (AvgIpc) is 2.98. The quantitative estimate of drug-likeness (QED) is 0.453. The third kappa shape index (κ3) is 5.09. The molecule has 2 N–H and O–H groups in total. The number of likely N-dealkylation sites (tertiary alicyclic amines) is 1. The number of carbonyl (C=O) groups excluding carboxylic acids is 2. The zero-order valence-electron chi connectivity index (χ0n) is 13.2. The van der Waals surface area contributed by atoms with Crippen molar-refractivity contribution >= 4 is 17.5 Å². The number of nitrogens with zero attached hydrogens (tertiary/aromatic N) is 2. The number of rotatable bonds is 7. The summed E-state index contributed by atoms with van der Waals surface area (Å²) in [4.78, 5) is 25.2. The number of nitriles is 1. The van der Waals surface area contributed by atoms with E-state index in [0.29, 0.717) is 25.2 Å². The first-order valence-electron chi connectivity index (χ1n) is 7.78. The van der Waals surface area contributed by atoms with Crippen LogP contribution >= 0.6 is 0 Å². The fraction of sp³-hybridized carbons (Fsp3) is 0.353. The molecule has 0 bridgehead atoms. The molecule has 1 aliphatic heterocycles. The average molecular weight is 330 g/mol. The molecule has 1 aromatic carbocycles. The zero-order valence-corrected chi connectivity index (χ0v) is 13.2. The van der Waals surface area contributed by atoms with Crippen molar-refractivity contribution in [1.29, 1.82) is 5.26 Å². The SMILES string of the molecule is N#C/C(=C/NCCCN1CCCC1=O)C(=O)Nc1ccc(F)cc1. The highest BCUT2D eigenvalue weighted by atomic mass is 19.1. The van der Waals surface area contributed by atoms with Gasteiger partial charge in [-0.25, -0.2) is 4.39 Å². The van der Waals surface area contributed by atoms with Gasteiger partial charge in [-0.2, -0.15) is 5.26 Å². The topological polar surface area (TPSA) is 85.2 Å². The molecule has 0 aliphatic carbocycles. The lowest BCUT2D eigenvalue weighted by atomic mass is 10.2. The second kappa shape index (κ2) is 8.67. The predicted octanol–water partition coefficient (Wildman–Crippen LogP) is 1.77. The summed E-state index contributed by atoms with van der Waals surface area (Å²) in [5, 5.41) is 14.5. The van der Waals surface area contributed by atoms with Crippen LogP contribution in [0.3, 0.4) is 0 Å². The molecule has 0 unspecified atom stereocenters. The third-order valence-electron chi connectivity index (χ3n) is 3.63. The predicted molar refractivity (Wildman–Crippen MR) is 87.2 cm³/mol. The standard InChI is InChI=1S/C17H19FN4O2/c18-14-4-6-15(7-5-14)21-17(24)13(11-19)12-20-8-2-10-22-9-1-3-16(22)23/h4-7,12,20H,1-3,8-10H2,(H,21,24)/b13-12-. The Morgan fingerprint density at radius 3 is 2.75 bits per heavy atom. The van der Waals surface area contributed by atoms with Crippen molar-refractivity contribution in [1.82, 2.24) is 10.2 Å². The molecule has 1 fully saturated rings. The van der Waals surface area contributed by atoms with Crippen LogP contribution in [-0.2, 0) is 9.59 Å². The number of nitrogens with one attached hydrogen (secondary N) is 2. The summed E-state index contributed by atoms with van der Waals surface area (Å²) in [6.07, 6.45) is 3.62. The van der Waals surface area contributed by atoms with Crippen molar-refractivity contribution in [3.63, 3.8) is 0 Å². The molecule has 7 heteroatoms. The molecule has 126 valence electrons. The summed E-state index contributed by atoms with van der Waals surface area (Å²) in [6, 6.07) is 7.11. The maximum absolute atomic E-state index is 12.8. The van der Waals surface area contributed by atoms with Crippen molar-refractivity contribution in [2.24, 2.45) is 0 Å². The van der Waals surface area contributed by atoms with E-state index in [9.17, 15) is 14.0 Å². The summed E-state index contributed by atoms with van der Waals surface area (Å²) >= 11 is 0. The molecule has 2 rings (SSSR count). The van der Waals surface area contributed by atoms with Gasteiger partial charge in [0.05, 0.1) is 0 Å². The van der Waals surface area contributed by atoms with E-state index in [1.807, 2.05) is 11.0 Å². The fourth-order valence-corrected chi connectivity index (χ4v) is 2.37. The molecule has 0 radical (unpaired) electrons. The Balaban J connectivity index is 1.76. The Bertz CT molecular complexity index is 664. The number of benzene rings is 1. The van der Waals surface area contributed by atoms with Gasteiger partial charge in [0.25, 0.3) is 5.91 Å². The van der Waals surface area contributed by atoms with Crippen molar-refractivity contribution in [3.8, 4) is 6.07 Å². The number of halogens is 1. The van der Waals surface area contributed by atoms with E-state index in [1.54, 1.807) is 0 Å². The maximum atomic E-state index is 12.8. The van der Waals surface area contributed by atoms with Crippen LogP contribution in [0.5, 0.6) is 0 Å². The van der Waals surface area contributed by atoms with Gasteiger partial charge in [-0.1, -0.05) is 0 Å². The number of anilines is 1. The lowest BCUT2D eigenvalue weighted by Crippen LogP contribution is -2.27. The smallest absolute Gasteiger partial charge is 0.267 e. The molecular weight excluding hydrogens is 311 g/mol. The van der Waals surface area contributed by atoms with E-state index in [4.69, 9.17) is 5.26 Å². The Morgan fingerprint density at radius 2 is 2.12 bits per heavy atom. The first kappa shape index (κ1) is 17.5. The monoisotopic (exact) mass is 330 g/mol. The minimum atomic E-state index is -0.564. The normalized spacial score (nSPS) is 14.4. The van der Waals surface area contributed by atoms with E-state index in [-0.39, 0.29) is 11.5 Å². The van der Waals surface area contributed by atoms with Crippen molar-refractivity contribution < 1.29 is 14.0 Å². The van der Waals surface area contributed by atoms with E-state index < -0.39 is 11.7 Å². The number of hydrogen-bond donors (Lipinski definition) is 2. The van der Waals surface area contributed by atoms with Crippen molar-refractivity contribution in [3.05, 3.63) is 41.9 Å². The highest BCUT2D eigenvalue weighted by Crippen LogP contribution is 2.10. The lowest BCUT2D eigenvalue weighted by molar-refractivity contribution is -0.127. The van der Waals surface area contributed by atoms with E-state index in [0.717, 1.165) is 19.4 Å². The van der Waals surface area contributed by atoms with Crippen LogP contribution in [0.4, 0.5) is 10.1 Å². The van der Waals surface area contributed by atoms with Gasteiger partial charge < -0.3 is 15.5 Å². The molecule has 1 heterocycles. The Morgan fingerprint density at radius 1 is 1.38 bits per heavy atom. The largest absolute Gasteiger partial charge is 0.390 e. The Hall–Kier alpha value is -2.88. The zero-order chi connectivity index (χ0) is 17.4. The van der Waals surface area contributed by atoms with Gasteiger partial charge in [0.15, 0.2) is 0 Å². The summed E-state index contributed by atoms with van der Waals surface area (Å²) in [5.41, 5.74) is 0.340. The molecular formula is C17H19FN4O2. The summed E-state index contributed by atoms with van der Waals surface area (Å²) in [5.74, 6) is -0.782. The fourth-order valence-electron chi connectivity index (χ4n) is 2.37.